The number of nitriles is 1. The summed E-state index contributed by atoms with van der Waals surface area (Å²) in [4.78, 5) is 0.250. The molecular formula is C13H15NO3S. The quantitative estimate of drug-likeness (QED) is 0.839. The number of nitrogens with zero attached hydrogens (tertiary/aromatic N) is 1. The Morgan fingerprint density at radius 1 is 1.28 bits per heavy atom. The molecule has 96 valence electrons. The molecule has 0 aliphatic heterocycles. The third kappa shape index (κ3) is 1.68. The molecule has 0 radical (unpaired) electrons. The molecule has 18 heavy (non-hydrogen) atoms. The molecule has 0 spiro atoms. The van der Waals surface area contributed by atoms with Crippen LogP contribution in [-0.4, -0.2) is 20.3 Å². The lowest BCUT2D eigenvalue weighted by Gasteiger charge is -2.14. The summed E-state index contributed by atoms with van der Waals surface area (Å²) >= 11 is 0. The van der Waals surface area contributed by atoms with Gasteiger partial charge in [0.15, 0.2) is 14.6 Å². The second-order valence-electron chi connectivity index (χ2n) is 4.70. The standard InChI is InChI=1S/C13H15NO3S/c1-9-7-12(10(2)6-11(9)17-3)18(15,16)13(8-14)4-5-13/h6-7H,4-5H2,1-3H3. The number of hydrogen-bond acceptors (Lipinski definition) is 4. The number of rotatable bonds is 3. The lowest BCUT2D eigenvalue weighted by Crippen LogP contribution is -2.22. The van der Waals surface area contributed by atoms with Crippen molar-refractivity contribution in [3.05, 3.63) is 23.3 Å². The van der Waals surface area contributed by atoms with E-state index in [1.807, 2.05) is 6.07 Å². The maximum Gasteiger partial charge on any atom is 0.197 e. The van der Waals surface area contributed by atoms with Gasteiger partial charge in [0.05, 0.1) is 18.1 Å². The Morgan fingerprint density at radius 2 is 1.89 bits per heavy atom. The first-order chi connectivity index (χ1) is 8.38. The predicted molar refractivity (Wildman–Crippen MR) is 67.2 cm³/mol. The van der Waals surface area contributed by atoms with Crippen LogP contribution in [0.25, 0.3) is 0 Å². The zero-order valence-corrected chi connectivity index (χ0v) is 11.5. The summed E-state index contributed by atoms with van der Waals surface area (Å²) in [6.07, 6.45) is 0.854. The van der Waals surface area contributed by atoms with Crippen molar-refractivity contribution in [2.45, 2.75) is 36.3 Å². The molecule has 0 unspecified atom stereocenters. The van der Waals surface area contributed by atoms with Gasteiger partial charge in [-0.15, -0.1) is 0 Å². The van der Waals surface area contributed by atoms with Crippen molar-refractivity contribution >= 4 is 9.84 Å². The summed E-state index contributed by atoms with van der Waals surface area (Å²) in [5, 5.41) is 9.06. The highest BCUT2D eigenvalue weighted by Crippen LogP contribution is 2.47. The molecule has 1 aromatic rings. The molecule has 1 aliphatic carbocycles. The minimum atomic E-state index is -3.57. The van der Waals surface area contributed by atoms with Gasteiger partial charge in [-0.1, -0.05) is 0 Å². The third-order valence-corrected chi connectivity index (χ3v) is 5.95. The molecule has 0 saturated heterocycles. The van der Waals surface area contributed by atoms with E-state index in [1.54, 1.807) is 33.1 Å². The van der Waals surface area contributed by atoms with Crippen molar-refractivity contribution in [1.82, 2.24) is 0 Å². The number of methoxy groups -OCH3 is 1. The minimum Gasteiger partial charge on any atom is -0.496 e. The Hall–Kier alpha value is -1.54. The Bertz CT molecular complexity index is 637. The van der Waals surface area contributed by atoms with Crippen LogP contribution in [0.1, 0.15) is 24.0 Å². The highest BCUT2D eigenvalue weighted by atomic mass is 32.2. The Balaban J connectivity index is 2.60. The first-order valence-electron chi connectivity index (χ1n) is 5.69. The SMILES string of the molecule is COc1cc(C)c(S(=O)(=O)C2(C#N)CC2)cc1C. The van der Waals surface area contributed by atoms with Crippen LogP contribution in [0.4, 0.5) is 0 Å². The summed E-state index contributed by atoms with van der Waals surface area (Å²) in [6, 6.07) is 5.25. The molecular weight excluding hydrogens is 250 g/mol. The molecule has 1 fully saturated rings. The van der Waals surface area contributed by atoms with Crippen molar-refractivity contribution in [3.63, 3.8) is 0 Å². The van der Waals surface area contributed by atoms with Crippen LogP contribution in [0, 0.1) is 25.2 Å². The second-order valence-corrected chi connectivity index (χ2v) is 6.93. The Labute approximate surface area is 107 Å². The van der Waals surface area contributed by atoms with Crippen LogP contribution in [0.15, 0.2) is 17.0 Å². The van der Waals surface area contributed by atoms with Gasteiger partial charge in [0, 0.05) is 0 Å². The second kappa shape index (κ2) is 3.99. The molecule has 2 rings (SSSR count). The van der Waals surface area contributed by atoms with Gasteiger partial charge in [0.25, 0.3) is 0 Å². The number of ether oxygens (including phenoxy) is 1. The molecule has 0 heterocycles. The van der Waals surface area contributed by atoms with E-state index in [2.05, 4.69) is 0 Å². The molecule has 0 atom stereocenters. The fourth-order valence-corrected chi connectivity index (χ4v) is 4.03. The maximum absolute atomic E-state index is 12.5. The summed E-state index contributed by atoms with van der Waals surface area (Å²) in [6.45, 7) is 3.52. The van der Waals surface area contributed by atoms with E-state index in [9.17, 15) is 8.42 Å². The smallest absolute Gasteiger partial charge is 0.197 e. The van der Waals surface area contributed by atoms with Crippen LogP contribution in [0.2, 0.25) is 0 Å². The average Bonchev–Trinajstić information content (AvgIpc) is 3.12. The van der Waals surface area contributed by atoms with Crippen molar-refractivity contribution in [2.75, 3.05) is 7.11 Å². The zero-order valence-electron chi connectivity index (χ0n) is 10.6. The van der Waals surface area contributed by atoms with Gasteiger partial charge in [-0.05, 0) is 49.9 Å². The normalized spacial score (nSPS) is 17.0. The lowest BCUT2D eigenvalue weighted by molar-refractivity contribution is 0.411. The van der Waals surface area contributed by atoms with Gasteiger partial charge < -0.3 is 4.74 Å². The summed E-state index contributed by atoms with van der Waals surface area (Å²) in [5.41, 5.74) is 1.38. The van der Waals surface area contributed by atoms with Gasteiger partial charge in [0.2, 0.25) is 0 Å². The molecule has 0 bridgehead atoms. The van der Waals surface area contributed by atoms with Crippen LogP contribution >= 0.6 is 0 Å². The van der Waals surface area contributed by atoms with Gasteiger partial charge in [-0.25, -0.2) is 8.42 Å². The van der Waals surface area contributed by atoms with Crippen LogP contribution in [-0.2, 0) is 9.84 Å². The highest BCUT2D eigenvalue weighted by Gasteiger charge is 2.56. The topological polar surface area (TPSA) is 67.2 Å². The number of sulfone groups is 1. The van der Waals surface area contributed by atoms with Gasteiger partial charge >= 0.3 is 0 Å². The van der Waals surface area contributed by atoms with Crippen molar-refractivity contribution in [1.29, 1.82) is 5.26 Å². The molecule has 1 saturated carbocycles. The van der Waals surface area contributed by atoms with Crippen molar-refractivity contribution in [3.8, 4) is 11.8 Å². The maximum atomic E-state index is 12.5. The highest BCUT2D eigenvalue weighted by molar-refractivity contribution is 7.93. The first kappa shape index (κ1) is 12.9. The predicted octanol–water partition coefficient (Wildman–Crippen LogP) is 2.14. The van der Waals surface area contributed by atoms with E-state index in [-0.39, 0.29) is 4.90 Å². The molecule has 0 aromatic heterocycles. The molecule has 1 aliphatic rings. The van der Waals surface area contributed by atoms with E-state index in [4.69, 9.17) is 10.00 Å². The third-order valence-electron chi connectivity index (χ3n) is 3.40. The van der Waals surface area contributed by atoms with E-state index < -0.39 is 14.6 Å². The number of hydrogen-bond donors (Lipinski definition) is 0. The number of aryl methyl sites for hydroxylation is 2. The summed E-state index contributed by atoms with van der Waals surface area (Å²) in [7, 11) is -2.02. The van der Waals surface area contributed by atoms with Crippen molar-refractivity contribution < 1.29 is 13.2 Å². The molecule has 0 N–H and O–H groups in total. The fourth-order valence-electron chi connectivity index (χ4n) is 2.04. The number of benzene rings is 1. The van der Waals surface area contributed by atoms with Crippen LogP contribution < -0.4 is 4.74 Å². The largest absolute Gasteiger partial charge is 0.496 e. The van der Waals surface area contributed by atoms with Gasteiger partial charge in [0.1, 0.15) is 5.75 Å². The minimum absolute atomic E-state index is 0.250. The van der Waals surface area contributed by atoms with Gasteiger partial charge in [-0.2, -0.15) is 5.26 Å². The van der Waals surface area contributed by atoms with E-state index >= 15 is 0 Å². The van der Waals surface area contributed by atoms with Gasteiger partial charge in [-0.3, -0.25) is 0 Å². The van der Waals surface area contributed by atoms with E-state index in [0.29, 0.717) is 24.2 Å². The van der Waals surface area contributed by atoms with E-state index in [1.165, 1.54) is 0 Å². The molecule has 5 heteroatoms. The first-order valence-corrected chi connectivity index (χ1v) is 7.17. The summed E-state index contributed by atoms with van der Waals surface area (Å²) in [5.74, 6) is 0.660. The molecule has 0 amide bonds. The zero-order chi connectivity index (χ0) is 13.6. The van der Waals surface area contributed by atoms with Crippen LogP contribution in [0.3, 0.4) is 0 Å². The fraction of sp³-hybridized carbons (Fsp3) is 0.462. The molecule has 4 nitrogen and oxygen atoms in total. The van der Waals surface area contributed by atoms with Crippen LogP contribution in [0.5, 0.6) is 5.75 Å². The van der Waals surface area contributed by atoms with Crippen molar-refractivity contribution in [2.24, 2.45) is 0 Å². The Kier molecular flexibility index (Phi) is 2.86. The monoisotopic (exact) mass is 265 g/mol. The molecule has 1 aromatic carbocycles. The Morgan fingerprint density at radius 3 is 2.33 bits per heavy atom. The van der Waals surface area contributed by atoms with E-state index in [0.717, 1.165) is 5.56 Å². The average molecular weight is 265 g/mol. The lowest BCUT2D eigenvalue weighted by atomic mass is 10.1. The summed E-state index contributed by atoms with van der Waals surface area (Å²) < 4.78 is 28.9.